The number of carbonyl (C=O) groups is 1. The average Bonchev–Trinajstić information content (AvgIpc) is 2.39. The Kier molecular flexibility index (Phi) is 7.94. The van der Waals surface area contributed by atoms with Crippen LogP contribution in [0, 0.1) is 5.92 Å². The first-order valence-electron chi connectivity index (χ1n) is 6.31. The lowest BCUT2D eigenvalue weighted by molar-refractivity contribution is -0.118. The minimum Gasteiger partial charge on any atom is -0.396 e. The summed E-state index contributed by atoms with van der Waals surface area (Å²) >= 11 is 7.38. The predicted octanol–water partition coefficient (Wildman–Crippen LogP) is 2.71. The van der Waals surface area contributed by atoms with Gasteiger partial charge in [-0.05, 0) is 30.0 Å². The molecule has 1 amide bonds. The first-order valence-corrected chi connectivity index (χ1v) is 7.85. The Bertz CT molecular complexity index is 384. The number of hydrogen-bond donors (Lipinski definition) is 2. The number of carbonyl (C=O) groups excluding carboxylic acids is 1. The first kappa shape index (κ1) is 16.3. The van der Waals surface area contributed by atoms with Gasteiger partial charge < -0.3 is 10.4 Å². The first-order chi connectivity index (χ1) is 9.11. The number of aliphatic hydroxyl groups excluding tert-OH is 1. The van der Waals surface area contributed by atoms with Crippen molar-refractivity contribution >= 4 is 29.3 Å². The molecule has 0 aromatic heterocycles. The fourth-order valence-corrected chi connectivity index (χ4v) is 2.45. The van der Waals surface area contributed by atoms with Crippen LogP contribution in [-0.2, 0) is 10.5 Å². The summed E-state index contributed by atoms with van der Waals surface area (Å²) < 4.78 is 0. The number of nitrogens with one attached hydrogen (secondary N) is 1. The van der Waals surface area contributed by atoms with Gasteiger partial charge in [-0.25, -0.2) is 0 Å². The number of aliphatic hydroxyl groups is 1. The molecule has 1 unspecified atom stereocenters. The Morgan fingerprint density at radius 2 is 2.11 bits per heavy atom. The van der Waals surface area contributed by atoms with Gasteiger partial charge in [0.2, 0.25) is 5.91 Å². The van der Waals surface area contributed by atoms with Gasteiger partial charge in [-0.15, -0.1) is 11.8 Å². The lowest BCUT2D eigenvalue weighted by Crippen LogP contribution is -2.30. The van der Waals surface area contributed by atoms with Gasteiger partial charge in [0.05, 0.1) is 5.75 Å². The summed E-state index contributed by atoms with van der Waals surface area (Å²) in [4.78, 5) is 11.6. The van der Waals surface area contributed by atoms with E-state index in [1.807, 2.05) is 31.2 Å². The molecule has 0 heterocycles. The smallest absolute Gasteiger partial charge is 0.230 e. The van der Waals surface area contributed by atoms with Crippen molar-refractivity contribution in [2.75, 3.05) is 18.9 Å². The van der Waals surface area contributed by atoms with Crippen molar-refractivity contribution in [2.24, 2.45) is 5.92 Å². The lowest BCUT2D eigenvalue weighted by Gasteiger charge is -2.10. The predicted molar refractivity (Wildman–Crippen MR) is 81.5 cm³/mol. The Labute approximate surface area is 123 Å². The van der Waals surface area contributed by atoms with E-state index in [4.69, 9.17) is 16.7 Å². The maximum absolute atomic E-state index is 11.6. The molecule has 0 saturated heterocycles. The van der Waals surface area contributed by atoms with Gasteiger partial charge in [0, 0.05) is 23.9 Å². The van der Waals surface area contributed by atoms with Crippen LogP contribution in [0.2, 0.25) is 5.02 Å². The van der Waals surface area contributed by atoms with Crippen LogP contribution in [0.4, 0.5) is 0 Å². The van der Waals surface area contributed by atoms with E-state index in [0.29, 0.717) is 18.2 Å². The molecule has 1 aromatic rings. The molecule has 106 valence electrons. The van der Waals surface area contributed by atoms with Crippen molar-refractivity contribution in [3.63, 3.8) is 0 Å². The van der Waals surface area contributed by atoms with Gasteiger partial charge >= 0.3 is 0 Å². The topological polar surface area (TPSA) is 49.3 Å². The molecule has 0 aliphatic heterocycles. The summed E-state index contributed by atoms with van der Waals surface area (Å²) in [6.07, 6.45) is 0.720. The van der Waals surface area contributed by atoms with Gasteiger partial charge in [-0.2, -0.15) is 0 Å². The van der Waals surface area contributed by atoms with Crippen molar-refractivity contribution in [3.05, 3.63) is 34.9 Å². The van der Waals surface area contributed by atoms with Gasteiger partial charge in [0.1, 0.15) is 0 Å². The molecule has 3 nitrogen and oxygen atoms in total. The molecule has 0 spiro atoms. The Balaban J connectivity index is 2.15. The minimum atomic E-state index is 0.0451. The zero-order valence-electron chi connectivity index (χ0n) is 11.1. The van der Waals surface area contributed by atoms with Crippen LogP contribution >= 0.6 is 23.4 Å². The third-order valence-corrected chi connectivity index (χ3v) is 3.94. The Morgan fingerprint density at radius 3 is 2.74 bits per heavy atom. The molecule has 1 aromatic carbocycles. The molecule has 1 atom stereocenters. The fraction of sp³-hybridized carbons (Fsp3) is 0.500. The summed E-state index contributed by atoms with van der Waals surface area (Å²) in [6, 6.07) is 7.65. The van der Waals surface area contributed by atoms with Crippen LogP contribution < -0.4 is 5.32 Å². The Morgan fingerprint density at radius 1 is 1.42 bits per heavy atom. The van der Waals surface area contributed by atoms with E-state index in [1.165, 1.54) is 0 Å². The summed E-state index contributed by atoms with van der Waals surface area (Å²) in [5.74, 6) is 1.62. The van der Waals surface area contributed by atoms with Gasteiger partial charge in [0.25, 0.3) is 0 Å². The second kappa shape index (κ2) is 9.23. The van der Waals surface area contributed by atoms with Gasteiger partial charge in [-0.3, -0.25) is 4.79 Å². The number of halogens is 1. The molecule has 0 radical (unpaired) electrons. The average molecular weight is 302 g/mol. The maximum Gasteiger partial charge on any atom is 0.230 e. The highest BCUT2D eigenvalue weighted by Gasteiger charge is 2.05. The van der Waals surface area contributed by atoms with Crippen molar-refractivity contribution in [2.45, 2.75) is 19.1 Å². The highest BCUT2D eigenvalue weighted by Crippen LogP contribution is 2.15. The van der Waals surface area contributed by atoms with Crippen molar-refractivity contribution in [3.8, 4) is 0 Å². The third kappa shape index (κ3) is 7.45. The second-order valence-electron chi connectivity index (χ2n) is 4.54. The van der Waals surface area contributed by atoms with Crippen molar-refractivity contribution in [1.82, 2.24) is 5.32 Å². The summed E-state index contributed by atoms with van der Waals surface area (Å²) in [6.45, 7) is 2.81. The van der Waals surface area contributed by atoms with E-state index in [9.17, 15) is 4.79 Å². The largest absolute Gasteiger partial charge is 0.396 e. The Hall–Kier alpha value is -0.710. The van der Waals surface area contributed by atoms with E-state index >= 15 is 0 Å². The van der Waals surface area contributed by atoms with Crippen LogP contribution in [-0.4, -0.2) is 29.9 Å². The van der Waals surface area contributed by atoms with Crippen LogP contribution in [0.3, 0.4) is 0 Å². The van der Waals surface area contributed by atoms with E-state index in [-0.39, 0.29) is 12.5 Å². The lowest BCUT2D eigenvalue weighted by atomic mass is 10.1. The minimum absolute atomic E-state index is 0.0451. The quantitative estimate of drug-likeness (QED) is 0.776. The highest BCUT2D eigenvalue weighted by atomic mass is 35.5. The van der Waals surface area contributed by atoms with Crippen LogP contribution in [0.15, 0.2) is 24.3 Å². The molecule has 19 heavy (non-hydrogen) atoms. The highest BCUT2D eigenvalue weighted by molar-refractivity contribution is 7.99. The number of benzene rings is 1. The maximum atomic E-state index is 11.6. The third-order valence-electron chi connectivity index (χ3n) is 2.68. The normalized spacial score (nSPS) is 12.2. The van der Waals surface area contributed by atoms with E-state index < -0.39 is 0 Å². The SMILES string of the molecule is CC(CCO)CNC(=O)CSCc1ccc(Cl)cc1. The van der Waals surface area contributed by atoms with Crippen LogP contribution in [0.1, 0.15) is 18.9 Å². The molecule has 0 bridgehead atoms. The summed E-state index contributed by atoms with van der Waals surface area (Å²) in [5, 5.41) is 12.4. The second-order valence-corrected chi connectivity index (χ2v) is 5.96. The molecular formula is C14H20ClNO2S. The molecule has 0 saturated carbocycles. The van der Waals surface area contributed by atoms with Gasteiger partial charge in [-0.1, -0.05) is 30.7 Å². The molecule has 1 rings (SSSR count). The molecule has 0 fully saturated rings. The molecule has 2 N–H and O–H groups in total. The number of thioether (sulfide) groups is 1. The standard InChI is InChI=1S/C14H20ClNO2S/c1-11(6-7-17)8-16-14(18)10-19-9-12-2-4-13(15)5-3-12/h2-5,11,17H,6-10H2,1H3,(H,16,18). The van der Waals surface area contributed by atoms with Crippen LogP contribution in [0.25, 0.3) is 0 Å². The zero-order chi connectivity index (χ0) is 14.1. The molecular weight excluding hydrogens is 282 g/mol. The van der Waals surface area contributed by atoms with E-state index in [2.05, 4.69) is 5.32 Å². The summed E-state index contributed by atoms with van der Waals surface area (Å²) in [7, 11) is 0. The van der Waals surface area contributed by atoms with E-state index in [0.717, 1.165) is 22.8 Å². The monoisotopic (exact) mass is 301 g/mol. The number of rotatable bonds is 8. The van der Waals surface area contributed by atoms with Gasteiger partial charge in [0.15, 0.2) is 0 Å². The zero-order valence-corrected chi connectivity index (χ0v) is 12.6. The molecule has 0 aliphatic carbocycles. The van der Waals surface area contributed by atoms with Crippen molar-refractivity contribution in [1.29, 1.82) is 0 Å². The fourth-order valence-electron chi connectivity index (χ4n) is 1.50. The molecule has 5 heteroatoms. The van der Waals surface area contributed by atoms with E-state index in [1.54, 1.807) is 11.8 Å². The summed E-state index contributed by atoms with van der Waals surface area (Å²) in [5.41, 5.74) is 1.16. The van der Waals surface area contributed by atoms with Crippen molar-refractivity contribution < 1.29 is 9.90 Å². The van der Waals surface area contributed by atoms with Crippen LogP contribution in [0.5, 0.6) is 0 Å². The molecule has 0 aliphatic rings. The number of hydrogen-bond acceptors (Lipinski definition) is 3. The number of amides is 1.